The van der Waals surface area contributed by atoms with Gasteiger partial charge in [0.1, 0.15) is 11.6 Å². The number of nitriles is 1. The van der Waals surface area contributed by atoms with Gasteiger partial charge in [0, 0.05) is 17.8 Å². The quantitative estimate of drug-likeness (QED) is 0.496. The van der Waals surface area contributed by atoms with E-state index in [2.05, 4.69) is 11.9 Å². The van der Waals surface area contributed by atoms with Crippen LogP contribution in [0.25, 0.3) is 0 Å². The zero-order valence-corrected chi connectivity index (χ0v) is 16.8. The molecule has 5 nitrogen and oxygen atoms in total. The second kappa shape index (κ2) is 9.59. The van der Waals surface area contributed by atoms with Gasteiger partial charge in [0.2, 0.25) is 5.88 Å². The average Bonchev–Trinajstić information content (AvgIpc) is 2.64. The van der Waals surface area contributed by atoms with E-state index in [1.165, 1.54) is 10.8 Å². The SMILES string of the molecule is CCCCCCn1c(O)c(C=Nc2cc(Cl)ccc2Cl)c(C)c(C#N)c1=O. The maximum atomic E-state index is 12.5. The Morgan fingerprint density at radius 3 is 2.70 bits per heavy atom. The zero-order valence-electron chi connectivity index (χ0n) is 15.3. The van der Waals surface area contributed by atoms with Crippen molar-refractivity contribution in [3.8, 4) is 11.9 Å². The highest BCUT2D eigenvalue weighted by Gasteiger charge is 2.17. The van der Waals surface area contributed by atoms with E-state index >= 15 is 0 Å². The molecule has 0 aliphatic carbocycles. The lowest BCUT2D eigenvalue weighted by Crippen LogP contribution is -2.25. The second-order valence-electron chi connectivity index (χ2n) is 6.22. The Morgan fingerprint density at radius 1 is 1.30 bits per heavy atom. The highest BCUT2D eigenvalue weighted by molar-refractivity contribution is 6.35. The van der Waals surface area contributed by atoms with Crippen LogP contribution < -0.4 is 5.56 Å². The third-order valence-corrected chi connectivity index (χ3v) is 4.88. The summed E-state index contributed by atoms with van der Waals surface area (Å²) >= 11 is 12.1. The first-order chi connectivity index (χ1) is 12.9. The van der Waals surface area contributed by atoms with E-state index < -0.39 is 5.56 Å². The van der Waals surface area contributed by atoms with Crippen molar-refractivity contribution in [1.82, 2.24) is 4.57 Å². The molecule has 1 aromatic heterocycles. The van der Waals surface area contributed by atoms with Crippen molar-refractivity contribution in [3.05, 3.63) is 55.3 Å². The highest BCUT2D eigenvalue weighted by atomic mass is 35.5. The molecule has 2 rings (SSSR count). The molecule has 1 aromatic carbocycles. The maximum Gasteiger partial charge on any atom is 0.271 e. The van der Waals surface area contributed by atoms with Crippen LogP contribution >= 0.6 is 23.2 Å². The summed E-state index contributed by atoms with van der Waals surface area (Å²) < 4.78 is 1.24. The minimum absolute atomic E-state index is 0.00179. The number of hydrogen-bond donors (Lipinski definition) is 1. The Kier molecular flexibility index (Phi) is 7.46. The van der Waals surface area contributed by atoms with Gasteiger partial charge in [-0.25, -0.2) is 0 Å². The summed E-state index contributed by atoms with van der Waals surface area (Å²) in [6, 6.07) is 6.81. The summed E-state index contributed by atoms with van der Waals surface area (Å²) in [5, 5.41) is 20.9. The third kappa shape index (κ3) is 4.91. The van der Waals surface area contributed by atoms with Crippen LogP contribution in [0.2, 0.25) is 10.0 Å². The number of pyridine rings is 1. The number of aromatic nitrogens is 1. The molecule has 0 unspecified atom stereocenters. The Bertz CT molecular complexity index is 959. The lowest BCUT2D eigenvalue weighted by Gasteiger charge is -2.14. The summed E-state index contributed by atoms with van der Waals surface area (Å²) in [4.78, 5) is 16.8. The molecule has 0 fully saturated rings. The fraction of sp³-hybridized carbons (Fsp3) is 0.350. The predicted octanol–water partition coefficient (Wildman–Crippen LogP) is 5.37. The minimum Gasteiger partial charge on any atom is -0.494 e. The van der Waals surface area contributed by atoms with Gasteiger partial charge in [0.05, 0.1) is 16.3 Å². The molecule has 27 heavy (non-hydrogen) atoms. The molecule has 142 valence electrons. The highest BCUT2D eigenvalue weighted by Crippen LogP contribution is 2.29. The molecule has 0 radical (unpaired) electrons. The number of unbranched alkanes of at least 4 members (excludes halogenated alkanes) is 3. The van der Waals surface area contributed by atoms with Crippen molar-refractivity contribution >= 4 is 35.1 Å². The number of aromatic hydroxyl groups is 1. The zero-order chi connectivity index (χ0) is 20.0. The number of benzene rings is 1. The van der Waals surface area contributed by atoms with E-state index in [4.69, 9.17) is 23.2 Å². The molecule has 0 amide bonds. The topological polar surface area (TPSA) is 78.4 Å². The molecular weight excluding hydrogens is 385 g/mol. The van der Waals surface area contributed by atoms with Crippen molar-refractivity contribution in [2.45, 2.75) is 46.1 Å². The smallest absolute Gasteiger partial charge is 0.271 e. The summed E-state index contributed by atoms with van der Waals surface area (Å²) in [7, 11) is 0. The summed E-state index contributed by atoms with van der Waals surface area (Å²) in [5.74, 6) is -0.199. The van der Waals surface area contributed by atoms with E-state index in [-0.39, 0.29) is 11.4 Å². The van der Waals surface area contributed by atoms with Gasteiger partial charge in [-0.15, -0.1) is 0 Å². The van der Waals surface area contributed by atoms with Gasteiger partial charge in [-0.05, 0) is 37.1 Å². The maximum absolute atomic E-state index is 12.5. The lowest BCUT2D eigenvalue weighted by atomic mass is 10.1. The van der Waals surface area contributed by atoms with Crippen LogP contribution in [0, 0.1) is 18.3 Å². The molecular formula is C20H21Cl2N3O2. The minimum atomic E-state index is -0.484. The molecule has 0 saturated heterocycles. The molecule has 1 heterocycles. The van der Waals surface area contributed by atoms with Crippen molar-refractivity contribution in [3.63, 3.8) is 0 Å². The van der Waals surface area contributed by atoms with Gasteiger partial charge in [0.15, 0.2) is 0 Å². The Labute approximate surface area is 168 Å². The number of aliphatic imine (C=N–C) groups is 1. The Hall–Kier alpha value is -2.29. The van der Waals surface area contributed by atoms with Crippen LogP contribution in [0.5, 0.6) is 5.88 Å². The van der Waals surface area contributed by atoms with Crippen molar-refractivity contribution in [2.75, 3.05) is 0 Å². The molecule has 0 saturated carbocycles. The van der Waals surface area contributed by atoms with Crippen LogP contribution in [0.3, 0.4) is 0 Å². The lowest BCUT2D eigenvalue weighted by molar-refractivity contribution is 0.397. The van der Waals surface area contributed by atoms with Crippen LogP contribution in [-0.4, -0.2) is 15.9 Å². The predicted molar refractivity (Wildman–Crippen MR) is 110 cm³/mol. The molecule has 1 N–H and O–H groups in total. The van der Waals surface area contributed by atoms with Gasteiger partial charge < -0.3 is 5.11 Å². The molecule has 2 aromatic rings. The van der Waals surface area contributed by atoms with Gasteiger partial charge in [-0.3, -0.25) is 14.4 Å². The average molecular weight is 406 g/mol. The van der Waals surface area contributed by atoms with E-state index in [0.29, 0.717) is 33.4 Å². The number of rotatable bonds is 7. The monoisotopic (exact) mass is 405 g/mol. The van der Waals surface area contributed by atoms with Crippen LogP contribution in [0.15, 0.2) is 28.0 Å². The fourth-order valence-corrected chi connectivity index (χ4v) is 3.08. The number of hydrogen-bond acceptors (Lipinski definition) is 4. The van der Waals surface area contributed by atoms with E-state index in [9.17, 15) is 15.2 Å². The van der Waals surface area contributed by atoms with Crippen LogP contribution in [0.4, 0.5) is 5.69 Å². The van der Waals surface area contributed by atoms with Crippen LogP contribution in [0.1, 0.15) is 49.3 Å². The summed E-state index contributed by atoms with van der Waals surface area (Å²) in [6.07, 6.45) is 5.21. The summed E-state index contributed by atoms with van der Waals surface area (Å²) in [5.41, 5.74) is 0.649. The Morgan fingerprint density at radius 2 is 2.04 bits per heavy atom. The van der Waals surface area contributed by atoms with Crippen molar-refractivity contribution in [2.24, 2.45) is 4.99 Å². The van der Waals surface area contributed by atoms with Gasteiger partial charge in [0.25, 0.3) is 5.56 Å². The molecule has 0 aliphatic heterocycles. The molecule has 7 heteroatoms. The number of halogens is 2. The summed E-state index contributed by atoms with van der Waals surface area (Å²) in [6.45, 7) is 4.05. The third-order valence-electron chi connectivity index (χ3n) is 4.32. The van der Waals surface area contributed by atoms with E-state index in [0.717, 1.165) is 25.7 Å². The largest absolute Gasteiger partial charge is 0.494 e. The second-order valence-corrected chi connectivity index (χ2v) is 7.06. The molecule has 0 bridgehead atoms. The standard InChI is InChI=1S/C20H21Cl2N3O2/c1-3-4-5-6-9-25-19(26)15(11-23)13(2)16(20(25)27)12-24-18-10-14(21)7-8-17(18)22/h7-8,10,12,27H,3-6,9H2,1-2H3. The number of nitrogens with zero attached hydrogens (tertiary/aromatic N) is 3. The Balaban J connectivity index is 2.49. The normalized spacial score (nSPS) is 11.1. The first-order valence-electron chi connectivity index (χ1n) is 8.76. The van der Waals surface area contributed by atoms with Gasteiger partial charge in [-0.2, -0.15) is 5.26 Å². The molecule has 0 aliphatic rings. The first-order valence-corrected chi connectivity index (χ1v) is 9.51. The van der Waals surface area contributed by atoms with Crippen LogP contribution in [-0.2, 0) is 6.54 Å². The molecule has 0 atom stereocenters. The van der Waals surface area contributed by atoms with E-state index in [1.807, 2.05) is 6.07 Å². The fourth-order valence-electron chi connectivity index (χ4n) is 2.75. The first kappa shape index (κ1) is 21.0. The van der Waals surface area contributed by atoms with Crippen molar-refractivity contribution < 1.29 is 5.11 Å². The molecule has 0 spiro atoms. The van der Waals surface area contributed by atoms with Crippen molar-refractivity contribution in [1.29, 1.82) is 5.26 Å². The van der Waals surface area contributed by atoms with E-state index in [1.54, 1.807) is 25.1 Å². The van der Waals surface area contributed by atoms with Gasteiger partial charge in [-0.1, -0.05) is 49.4 Å². The van der Waals surface area contributed by atoms with Gasteiger partial charge >= 0.3 is 0 Å².